The fourth-order valence-corrected chi connectivity index (χ4v) is 4.77. The second-order valence-electron chi connectivity index (χ2n) is 8.79. The minimum Gasteiger partial charge on any atom is -0.388 e. The lowest BCUT2D eigenvalue weighted by molar-refractivity contribution is -0.179. The molecule has 2 atom stereocenters. The van der Waals surface area contributed by atoms with Gasteiger partial charge in [0.25, 0.3) is 5.91 Å². The van der Waals surface area contributed by atoms with E-state index in [1.807, 2.05) is 43.1 Å². The first kappa shape index (κ1) is 20.8. The summed E-state index contributed by atoms with van der Waals surface area (Å²) in [6.07, 6.45) is 1.47. The van der Waals surface area contributed by atoms with Gasteiger partial charge in [0.1, 0.15) is 6.10 Å². The van der Waals surface area contributed by atoms with Crippen molar-refractivity contribution in [2.45, 2.75) is 56.8 Å². The van der Waals surface area contributed by atoms with Crippen molar-refractivity contribution >= 4 is 22.7 Å². The lowest BCUT2D eigenvalue weighted by Gasteiger charge is -2.51. The molecule has 2 aromatic rings. The predicted octanol–water partition coefficient (Wildman–Crippen LogP) is 1.61. The van der Waals surface area contributed by atoms with E-state index in [0.717, 1.165) is 10.9 Å². The summed E-state index contributed by atoms with van der Waals surface area (Å²) in [6, 6.07) is 7.73. The van der Waals surface area contributed by atoms with Gasteiger partial charge in [-0.1, -0.05) is 25.1 Å². The smallest absolute Gasteiger partial charge is 0.275 e. The third-order valence-electron chi connectivity index (χ3n) is 6.64. The topological polar surface area (TPSA) is 96.7 Å². The number of hydrogen-bond donors (Lipinski definition) is 2. The lowest BCUT2D eigenvalue weighted by Crippen LogP contribution is -2.65. The molecule has 2 saturated heterocycles. The van der Waals surface area contributed by atoms with E-state index in [9.17, 15) is 14.7 Å². The summed E-state index contributed by atoms with van der Waals surface area (Å²) in [5, 5.41) is 18.8. The van der Waals surface area contributed by atoms with Crippen molar-refractivity contribution < 1.29 is 19.4 Å². The Morgan fingerprint density at radius 2 is 2.00 bits per heavy atom. The van der Waals surface area contributed by atoms with Gasteiger partial charge in [0.15, 0.2) is 5.69 Å². The minimum absolute atomic E-state index is 0.0699. The highest BCUT2D eigenvalue weighted by Gasteiger charge is 2.50. The van der Waals surface area contributed by atoms with Gasteiger partial charge in [-0.25, -0.2) is 0 Å². The van der Waals surface area contributed by atoms with Gasteiger partial charge in [-0.3, -0.25) is 14.3 Å². The van der Waals surface area contributed by atoms with Crippen molar-refractivity contribution in [1.82, 2.24) is 20.0 Å². The third-order valence-corrected chi connectivity index (χ3v) is 6.64. The van der Waals surface area contributed by atoms with Crippen LogP contribution in [0.15, 0.2) is 24.3 Å². The molecule has 2 amide bonds. The Labute approximate surface area is 176 Å². The number of carbonyl (C=O) groups excluding carboxylic acids is 2. The number of amides is 2. The van der Waals surface area contributed by atoms with E-state index in [1.54, 1.807) is 11.6 Å². The van der Waals surface area contributed by atoms with Crippen LogP contribution in [0, 0.1) is 0 Å². The summed E-state index contributed by atoms with van der Waals surface area (Å²) >= 11 is 0. The van der Waals surface area contributed by atoms with Crippen LogP contribution in [0.1, 0.15) is 50.0 Å². The number of aryl methyl sites for hydroxylation is 1. The minimum atomic E-state index is -0.752. The van der Waals surface area contributed by atoms with E-state index in [-0.39, 0.29) is 18.4 Å². The quantitative estimate of drug-likeness (QED) is 0.796. The van der Waals surface area contributed by atoms with Crippen molar-refractivity contribution in [2.24, 2.45) is 7.05 Å². The molecule has 162 valence electrons. The Bertz CT molecular complexity index is 963. The summed E-state index contributed by atoms with van der Waals surface area (Å²) < 4.78 is 7.82. The molecule has 2 N–H and O–H groups in total. The number of likely N-dealkylation sites (tertiary alicyclic amines) is 1. The van der Waals surface area contributed by atoms with Crippen molar-refractivity contribution in [3.8, 4) is 0 Å². The first-order chi connectivity index (χ1) is 14.3. The molecule has 3 heterocycles. The van der Waals surface area contributed by atoms with Gasteiger partial charge in [0.2, 0.25) is 5.91 Å². The van der Waals surface area contributed by atoms with Gasteiger partial charge in [-0.2, -0.15) is 5.10 Å². The molecule has 0 unspecified atom stereocenters. The molecule has 1 aromatic heterocycles. The molecule has 30 heavy (non-hydrogen) atoms. The molecular formula is C22H30N4O4. The number of benzene rings is 1. The first-order valence-corrected chi connectivity index (χ1v) is 10.6. The largest absolute Gasteiger partial charge is 0.388 e. The average Bonchev–Trinajstić information content (AvgIpc) is 3.08. The van der Waals surface area contributed by atoms with E-state index in [0.29, 0.717) is 44.5 Å². The van der Waals surface area contributed by atoms with Crippen LogP contribution in [0.25, 0.3) is 10.9 Å². The number of aromatic nitrogens is 2. The maximum atomic E-state index is 13.2. The molecule has 2 aliphatic heterocycles. The highest BCUT2D eigenvalue weighted by molar-refractivity contribution is 6.04. The number of ether oxygens (including phenoxy) is 1. The van der Waals surface area contributed by atoms with Crippen molar-refractivity contribution in [3.63, 3.8) is 0 Å². The summed E-state index contributed by atoms with van der Waals surface area (Å²) in [7, 11) is 1.84. The van der Waals surface area contributed by atoms with Gasteiger partial charge >= 0.3 is 0 Å². The zero-order chi connectivity index (χ0) is 21.5. The van der Waals surface area contributed by atoms with Crippen molar-refractivity contribution in [1.29, 1.82) is 0 Å². The molecule has 8 nitrogen and oxygen atoms in total. The van der Waals surface area contributed by atoms with Gasteiger partial charge in [-0.15, -0.1) is 0 Å². The highest BCUT2D eigenvalue weighted by atomic mass is 16.5. The number of nitrogens with one attached hydrogen (secondary N) is 1. The highest BCUT2D eigenvalue weighted by Crippen LogP contribution is 2.40. The lowest BCUT2D eigenvalue weighted by atomic mass is 9.74. The second kappa shape index (κ2) is 7.67. The van der Waals surface area contributed by atoms with Crippen LogP contribution in [-0.4, -0.2) is 68.5 Å². The normalized spacial score (nSPS) is 26.1. The van der Waals surface area contributed by atoms with E-state index in [4.69, 9.17) is 4.74 Å². The number of nitrogens with zero attached hydrogens (tertiary/aromatic N) is 3. The van der Waals surface area contributed by atoms with Crippen LogP contribution >= 0.6 is 0 Å². The van der Waals surface area contributed by atoms with Gasteiger partial charge < -0.3 is 20.1 Å². The molecule has 0 bridgehead atoms. The number of rotatable bonds is 3. The van der Waals surface area contributed by atoms with Gasteiger partial charge in [0, 0.05) is 38.4 Å². The van der Waals surface area contributed by atoms with Crippen molar-refractivity contribution in [2.75, 3.05) is 19.7 Å². The van der Waals surface area contributed by atoms with Crippen LogP contribution in [0.2, 0.25) is 0 Å². The van der Waals surface area contributed by atoms with E-state index in [1.165, 1.54) is 0 Å². The third kappa shape index (κ3) is 3.58. The molecule has 1 aromatic carbocycles. The maximum absolute atomic E-state index is 13.2. The summed E-state index contributed by atoms with van der Waals surface area (Å²) in [5.74, 6) is -0.150. The molecule has 2 aliphatic rings. The SMILES string of the molecule is CCC(=O)N[C@@]1(C)CC2(CCN(C(=O)c3nn(C)c4ccccc34)CC2)OC[C@@H]1O. The molecule has 4 rings (SSSR count). The number of hydrogen-bond acceptors (Lipinski definition) is 5. The monoisotopic (exact) mass is 414 g/mol. The van der Waals surface area contributed by atoms with E-state index in [2.05, 4.69) is 10.4 Å². The fourth-order valence-electron chi connectivity index (χ4n) is 4.77. The number of piperidine rings is 1. The molecule has 8 heteroatoms. The Hall–Kier alpha value is -2.45. The molecule has 0 aliphatic carbocycles. The summed E-state index contributed by atoms with van der Waals surface area (Å²) in [4.78, 5) is 27.0. The number of para-hydroxylation sites is 1. The molecule has 2 fully saturated rings. The standard InChI is InChI=1S/C22H30N4O4/c1-4-18(28)23-21(2)14-22(30-13-17(21)27)9-11-26(12-10-22)20(29)19-15-7-5-6-8-16(15)25(3)24-19/h5-8,17,27H,4,9-14H2,1-3H3,(H,23,28)/t17-,21-/m0/s1. The first-order valence-electron chi connectivity index (χ1n) is 10.6. The fraction of sp³-hybridized carbons (Fsp3) is 0.591. The maximum Gasteiger partial charge on any atom is 0.275 e. The average molecular weight is 415 g/mol. The predicted molar refractivity (Wildman–Crippen MR) is 112 cm³/mol. The van der Waals surface area contributed by atoms with Crippen LogP contribution in [0.5, 0.6) is 0 Å². The molecule has 0 radical (unpaired) electrons. The Balaban J connectivity index is 1.48. The number of carbonyl (C=O) groups is 2. The summed E-state index contributed by atoms with van der Waals surface area (Å²) in [5.41, 5.74) is 0.234. The summed E-state index contributed by atoms with van der Waals surface area (Å²) in [6.45, 7) is 4.97. The number of fused-ring (bicyclic) bond motifs is 1. The number of aliphatic hydroxyl groups excluding tert-OH is 1. The molecule has 0 saturated carbocycles. The van der Waals surface area contributed by atoms with Crippen LogP contribution in [0.3, 0.4) is 0 Å². The van der Waals surface area contributed by atoms with Crippen LogP contribution in [-0.2, 0) is 16.6 Å². The number of aliphatic hydroxyl groups is 1. The van der Waals surface area contributed by atoms with E-state index < -0.39 is 17.2 Å². The molecular weight excluding hydrogens is 384 g/mol. The van der Waals surface area contributed by atoms with Crippen LogP contribution < -0.4 is 5.32 Å². The Morgan fingerprint density at radius 1 is 1.30 bits per heavy atom. The second-order valence-corrected chi connectivity index (χ2v) is 8.79. The Kier molecular flexibility index (Phi) is 5.32. The van der Waals surface area contributed by atoms with Crippen molar-refractivity contribution in [3.05, 3.63) is 30.0 Å². The molecule has 1 spiro atoms. The van der Waals surface area contributed by atoms with E-state index >= 15 is 0 Å². The zero-order valence-electron chi connectivity index (χ0n) is 17.9. The Morgan fingerprint density at radius 3 is 2.70 bits per heavy atom. The van der Waals surface area contributed by atoms with Crippen LogP contribution in [0.4, 0.5) is 0 Å². The zero-order valence-corrected chi connectivity index (χ0v) is 17.9. The van der Waals surface area contributed by atoms with Gasteiger partial charge in [-0.05, 0) is 25.8 Å². The van der Waals surface area contributed by atoms with Gasteiger partial charge in [0.05, 0.1) is 23.3 Å².